The third-order valence-electron chi connectivity index (χ3n) is 3.50. The largest absolute Gasteiger partial charge is 0.434 e. The van der Waals surface area contributed by atoms with E-state index in [1.54, 1.807) is 6.07 Å². The van der Waals surface area contributed by atoms with Crippen LogP contribution in [-0.2, 0) is 12.6 Å². The van der Waals surface area contributed by atoms with Gasteiger partial charge in [0, 0.05) is 30.5 Å². The second-order valence-electron chi connectivity index (χ2n) is 5.56. The molecule has 0 aliphatic heterocycles. The van der Waals surface area contributed by atoms with Gasteiger partial charge in [0.05, 0.1) is 11.6 Å². The Bertz CT molecular complexity index is 770. The lowest BCUT2D eigenvalue weighted by Gasteiger charge is -2.13. The predicted octanol–water partition coefficient (Wildman–Crippen LogP) is 3.75. The molecule has 0 saturated carbocycles. The molecule has 0 amide bonds. The van der Waals surface area contributed by atoms with Crippen LogP contribution in [0.3, 0.4) is 0 Å². The van der Waals surface area contributed by atoms with Crippen LogP contribution in [0, 0.1) is 5.82 Å². The highest BCUT2D eigenvalue weighted by Gasteiger charge is 2.33. The second-order valence-corrected chi connectivity index (χ2v) is 6.50. The summed E-state index contributed by atoms with van der Waals surface area (Å²) in [6, 6.07) is 5.90. The molecule has 0 aliphatic rings. The van der Waals surface area contributed by atoms with Gasteiger partial charge in [-0.2, -0.15) is 13.2 Å². The van der Waals surface area contributed by atoms with Gasteiger partial charge in [-0.3, -0.25) is 4.99 Å². The quantitative estimate of drug-likeness (QED) is 0.220. The number of hydrogen-bond donors (Lipinski definition) is 3. The number of nitrogens with zero attached hydrogens (tertiary/aromatic N) is 2. The average molecular weight is 532 g/mol. The van der Waals surface area contributed by atoms with Crippen LogP contribution in [0.5, 0.6) is 0 Å². The highest BCUT2D eigenvalue weighted by Crippen LogP contribution is 2.30. The first-order valence-electron chi connectivity index (χ1n) is 8.27. The van der Waals surface area contributed by atoms with Crippen molar-refractivity contribution in [2.45, 2.75) is 25.6 Å². The van der Waals surface area contributed by atoms with Crippen molar-refractivity contribution in [2.75, 3.05) is 19.6 Å². The first-order chi connectivity index (χ1) is 12.8. The van der Waals surface area contributed by atoms with Gasteiger partial charge in [0.25, 0.3) is 0 Å². The number of rotatable bonds is 7. The molecule has 2 rings (SSSR count). The first-order valence-corrected chi connectivity index (χ1v) is 9.15. The van der Waals surface area contributed by atoms with Crippen LogP contribution in [0.25, 0.3) is 0 Å². The van der Waals surface area contributed by atoms with Gasteiger partial charge in [-0.05, 0) is 13.0 Å². The van der Waals surface area contributed by atoms with Crippen LogP contribution in [0.2, 0.25) is 0 Å². The molecule has 0 saturated heterocycles. The molecule has 1 unspecified atom stereocenters. The van der Waals surface area contributed by atoms with Crippen LogP contribution < -0.4 is 10.6 Å². The van der Waals surface area contributed by atoms with Crippen molar-refractivity contribution >= 4 is 41.3 Å². The number of benzene rings is 1. The van der Waals surface area contributed by atoms with Crippen molar-refractivity contribution in [3.05, 3.63) is 51.7 Å². The Labute approximate surface area is 181 Å². The maximum atomic E-state index is 13.7. The van der Waals surface area contributed by atoms with E-state index in [1.807, 2.05) is 6.92 Å². The molecule has 5 nitrogen and oxygen atoms in total. The topological polar surface area (TPSA) is 69.5 Å². The zero-order valence-corrected chi connectivity index (χ0v) is 18.1. The van der Waals surface area contributed by atoms with Gasteiger partial charge >= 0.3 is 6.18 Å². The Kier molecular flexibility index (Phi) is 10.1. The highest BCUT2D eigenvalue weighted by molar-refractivity contribution is 14.0. The number of guanidine groups is 1. The van der Waals surface area contributed by atoms with Crippen LogP contribution in [-0.4, -0.2) is 35.7 Å². The number of hydrogen-bond acceptors (Lipinski definition) is 4. The fourth-order valence-corrected chi connectivity index (χ4v) is 3.01. The number of thiazole rings is 1. The molecule has 1 heterocycles. The summed E-state index contributed by atoms with van der Waals surface area (Å²) in [6.07, 6.45) is -5.25. The van der Waals surface area contributed by atoms with Gasteiger partial charge in [-0.1, -0.05) is 18.2 Å². The Morgan fingerprint density at radius 1 is 1.29 bits per heavy atom. The number of halogens is 5. The van der Waals surface area contributed by atoms with Gasteiger partial charge in [-0.15, -0.1) is 35.3 Å². The lowest BCUT2D eigenvalue weighted by atomic mass is 10.1. The Morgan fingerprint density at radius 2 is 2.00 bits per heavy atom. The molecule has 156 valence electrons. The normalized spacial score (nSPS) is 13.0. The molecule has 3 N–H and O–H groups in total. The second kappa shape index (κ2) is 11.5. The van der Waals surface area contributed by atoms with Gasteiger partial charge in [0.1, 0.15) is 11.9 Å². The molecule has 0 fully saturated rings. The third kappa shape index (κ3) is 7.51. The molecule has 0 aliphatic carbocycles. The minimum Gasteiger partial charge on any atom is -0.386 e. The summed E-state index contributed by atoms with van der Waals surface area (Å²) in [7, 11) is 0. The molecular formula is C17H21F4IN4OS. The van der Waals surface area contributed by atoms with E-state index in [2.05, 4.69) is 20.6 Å². The van der Waals surface area contributed by atoms with Crippen LogP contribution in [0.15, 0.2) is 34.6 Å². The molecule has 2 aromatic rings. The summed E-state index contributed by atoms with van der Waals surface area (Å²) in [4.78, 5) is 7.75. The van der Waals surface area contributed by atoms with Gasteiger partial charge in [0.2, 0.25) is 0 Å². The monoisotopic (exact) mass is 532 g/mol. The fourth-order valence-electron chi connectivity index (χ4n) is 2.21. The first kappa shape index (κ1) is 24.6. The van der Waals surface area contributed by atoms with E-state index in [-0.39, 0.29) is 36.1 Å². The van der Waals surface area contributed by atoms with Crippen molar-refractivity contribution in [1.82, 2.24) is 15.6 Å². The van der Waals surface area contributed by atoms with Crippen LogP contribution in [0.1, 0.15) is 29.3 Å². The van der Waals surface area contributed by atoms with Crippen molar-refractivity contribution in [2.24, 2.45) is 4.99 Å². The van der Waals surface area contributed by atoms with Crippen molar-refractivity contribution in [3.8, 4) is 0 Å². The molecule has 1 atom stereocenters. The molecule has 1 aromatic carbocycles. The summed E-state index contributed by atoms with van der Waals surface area (Å²) in [6.45, 7) is 2.65. The van der Waals surface area contributed by atoms with E-state index in [0.717, 1.165) is 16.7 Å². The lowest BCUT2D eigenvalue weighted by Crippen LogP contribution is -2.38. The maximum Gasteiger partial charge on any atom is 0.434 e. The summed E-state index contributed by atoms with van der Waals surface area (Å²) in [5.41, 5.74) is -0.740. The lowest BCUT2D eigenvalue weighted by molar-refractivity contribution is -0.140. The number of nitrogens with one attached hydrogen (secondary N) is 2. The van der Waals surface area contributed by atoms with E-state index in [9.17, 15) is 22.7 Å². The SMILES string of the molecule is CCNC(=NCC(O)c1ccccc1F)NCCc1nc(C(F)(F)F)cs1.I. The maximum absolute atomic E-state index is 13.7. The minimum atomic E-state index is -4.44. The molecule has 28 heavy (non-hydrogen) atoms. The minimum absolute atomic E-state index is 0. The zero-order valence-electron chi connectivity index (χ0n) is 15.0. The van der Waals surface area contributed by atoms with Crippen molar-refractivity contribution in [1.29, 1.82) is 0 Å². The highest BCUT2D eigenvalue weighted by atomic mass is 127. The van der Waals surface area contributed by atoms with Gasteiger partial charge in [-0.25, -0.2) is 9.37 Å². The van der Waals surface area contributed by atoms with E-state index in [0.29, 0.717) is 30.5 Å². The zero-order chi connectivity index (χ0) is 19.9. The van der Waals surface area contributed by atoms with E-state index in [1.165, 1.54) is 18.2 Å². The molecule has 0 radical (unpaired) electrons. The molecule has 0 bridgehead atoms. The Hall–Kier alpha value is -1.47. The Morgan fingerprint density at radius 3 is 2.61 bits per heavy atom. The molecule has 11 heteroatoms. The van der Waals surface area contributed by atoms with E-state index in [4.69, 9.17) is 0 Å². The summed E-state index contributed by atoms with van der Waals surface area (Å²) < 4.78 is 51.3. The van der Waals surface area contributed by atoms with E-state index >= 15 is 0 Å². The molecule has 1 aromatic heterocycles. The smallest absolute Gasteiger partial charge is 0.386 e. The number of aromatic nitrogens is 1. The number of alkyl halides is 3. The third-order valence-corrected chi connectivity index (χ3v) is 4.41. The summed E-state index contributed by atoms with van der Waals surface area (Å²) in [5, 5.41) is 17.3. The van der Waals surface area contributed by atoms with E-state index < -0.39 is 23.8 Å². The summed E-state index contributed by atoms with van der Waals surface area (Å²) >= 11 is 0.946. The standard InChI is InChI=1S/C17H20F4N4OS.HI/c1-2-22-16(24-9-13(26)11-5-3-4-6-12(11)18)23-8-7-15-25-14(10-27-15)17(19,20)21;/h3-6,10,13,26H,2,7-9H2,1H3,(H2,22,23,24);1H. The number of aliphatic imine (C=N–C) groups is 1. The Balaban J connectivity index is 0.00000392. The average Bonchev–Trinajstić information content (AvgIpc) is 3.09. The van der Waals surface area contributed by atoms with Gasteiger partial charge in [0.15, 0.2) is 11.7 Å². The molecule has 0 spiro atoms. The van der Waals surface area contributed by atoms with Crippen molar-refractivity contribution in [3.63, 3.8) is 0 Å². The number of aliphatic hydroxyl groups excluding tert-OH is 1. The molecular weight excluding hydrogens is 511 g/mol. The van der Waals surface area contributed by atoms with Crippen molar-refractivity contribution < 1.29 is 22.7 Å². The predicted molar refractivity (Wildman–Crippen MR) is 112 cm³/mol. The number of aliphatic hydroxyl groups is 1. The summed E-state index contributed by atoms with van der Waals surface area (Å²) in [5.74, 6) is -0.136. The van der Waals surface area contributed by atoms with Gasteiger partial charge < -0.3 is 15.7 Å². The van der Waals surface area contributed by atoms with Crippen LogP contribution >= 0.6 is 35.3 Å². The van der Waals surface area contributed by atoms with Crippen LogP contribution in [0.4, 0.5) is 17.6 Å². The fraction of sp³-hybridized carbons (Fsp3) is 0.412.